The van der Waals surface area contributed by atoms with Crippen molar-refractivity contribution >= 4 is 17.7 Å². The molecule has 0 atom stereocenters. The van der Waals surface area contributed by atoms with Crippen molar-refractivity contribution in [1.29, 1.82) is 0 Å². The van der Waals surface area contributed by atoms with E-state index in [0.717, 1.165) is 16.2 Å². The lowest BCUT2D eigenvalue weighted by Gasteiger charge is -2.08. The molecule has 2 rings (SSSR count). The van der Waals surface area contributed by atoms with E-state index in [9.17, 15) is 4.79 Å². The molecule has 0 aliphatic rings. The average molecular weight is 287 g/mol. The van der Waals surface area contributed by atoms with E-state index in [1.54, 1.807) is 7.11 Å². The topological polar surface area (TPSA) is 38.3 Å². The van der Waals surface area contributed by atoms with E-state index >= 15 is 0 Å². The second-order valence-electron chi connectivity index (χ2n) is 4.20. The van der Waals surface area contributed by atoms with E-state index < -0.39 is 0 Å². The van der Waals surface area contributed by atoms with Gasteiger partial charge < -0.3 is 10.1 Å². The van der Waals surface area contributed by atoms with Gasteiger partial charge >= 0.3 is 0 Å². The van der Waals surface area contributed by atoms with Gasteiger partial charge in [-0.3, -0.25) is 4.79 Å². The molecule has 0 aliphatic heterocycles. The van der Waals surface area contributed by atoms with Gasteiger partial charge in [0, 0.05) is 11.4 Å². The summed E-state index contributed by atoms with van der Waals surface area (Å²) in [6.07, 6.45) is 0. The van der Waals surface area contributed by atoms with Crippen molar-refractivity contribution in [2.45, 2.75) is 11.4 Å². The third kappa shape index (κ3) is 4.31. The Balaban J connectivity index is 1.80. The second kappa shape index (κ2) is 7.60. The summed E-state index contributed by atoms with van der Waals surface area (Å²) in [7, 11) is 1.63. The Morgan fingerprint density at radius 3 is 2.55 bits per heavy atom. The number of nitrogens with one attached hydrogen (secondary N) is 1. The van der Waals surface area contributed by atoms with Crippen LogP contribution in [0.1, 0.15) is 5.56 Å². The summed E-state index contributed by atoms with van der Waals surface area (Å²) in [6, 6.07) is 17.6. The number of rotatable bonds is 6. The molecule has 0 aromatic heterocycles. The highest BCUT2D eigenvalue weighted by atomic mass is 32.2. The Hall–Kier alpha value is -1.94. The molecular formula is C16H17NO2S. The molecule has 1 amide bonds. The lowest BCUT2D eigenvalue weighted by Crippen LogP contribution is -2.24. The molecule has 0 unspecified atom stereocenters. The van der Waals surface area contributed by atoms with Crippen molar-refractivity contribution in [3.8, 4) is 5.75 Å². The van der Waals surface area contributed by atoms with Crippen molar-refractivity contribution in [3.05, 3.63) is 60.2 Å². The standard InChI is InChI=1S/C16H17NO2S/c1-19-14-9-5-6-10-15(14)20-12-16(18)17-11-13-7-3-2-4-8-13/h2-10H,11-12H2,1H3,(H,17,18). The minimum Gasteiger partial charge on any atom is -0.496 e. The van der Waals surface area contributed by atoms with Crippen LogP contribution >= 0.6 is 11.8 Å². The third-order valence-corrected chi connectivity index (χ3v) is 3.82. The minimum absolute atomic E-state index is 0.0183. The number of benzene rings is 2. The van der Waals surface area contributed by atoms with Crippen LogP contribution in [0.3, 0.4) is 0 Å². The highest BCUT2D eigenvalue weighted by Crippen LogP contribution is 2.28. The Kier molecular flexibility index (Phi) is 5.50. The molecule has 1 N–H and O–H groups in total. The summed E-state index contributed by atoms with van der Waals surface area (Å²) in [5.41, 5.74) is 1.10. The predicted molar refractivity (Wildman–Crippen MR) is 82.0 cm³/mol. The van der Waals surface area contributed by atoms with E-state index in [-0.39, 0.29) is 5.91 Å². The van der Waals surface area contributed by atoms with Gasteiger partial charge in [-0.05, 0) is 17.7 Å². The second-order valence-corrected chi connectivity index (χ2v) is 5.22. The van der Waals surface area contributed by atoms with Gasteiger partial charge in [0.1, 0.15) is 5.75 Å². The zero-order chi connectivity index (χ0) is 14.2. The normalized spacial score (nSPS) is 10.1. The number of amides is 1. The van der Waals surface area contributed by atoms with Gasteiger partial charge in [-0.1, -0.05) is 42.5 Å². The van der Waals surface area contributed by atoms with Gasteiger partial charge in [0.2, 0.25) is 5.91 Å². The molecule has 104 valence electrons. The van der Waals surface area contributed by atoms with Crippen LogP contribution in [0.25, 0.3) is 0 Å². The van der Waals surface area contributed by atoms with E-state index in [1.165, 1.54) is 11.8 Å². The van der Waals surface area contributed by atoms with Gasteiger partial charge in [-0.15, -0.1) is 11.8 Å². The molecule has 0 saturated carbocycles. The van der Waals surface area contributed by atoms with Crippen LogP contribution in [0.2, 0.25) is 0 Å². The monoisotopic (exact) mass is 287 g/mol. The zero-order valence-corrected chi connectivity index (χ0v) is 12.2. The van der Waals surface area contributed by atoms with Gasteiger partial charge in [0.15, 0.2) is 0 Å². The first-order valence-electron chi connectivity index (χ1n) is 6.36. The Morgan fingerprint density at radius 2 is 1.80 bits per heavy atom. The first-order valence-corrected chi connectivity index (χ1v) is 7.34. The van der Waals surface area contributed by atoms with Crippen molar-refractivity contribution in [2.75, 3.05) is 12.9 Å². The fourth-order valence-corrected chi connectivity index (χ4v) is 2.59. The van der Waals surface area contributed by atoms with Crippen LogP contribution in [-0.2, 0) is 11.3 Å². The number of thioether (sulfide) groups is 1. The summed E-state index contributed by atoms with van der Waals surface area (Å²) in [6.45, 7) is 0.562. The molecule has 0 heterocycles. The minimum atomic E-state index is 0.0183. The van der Waals surface area contributed by atoms with Crippen molar-refractivity contribution in [1.82, 2.24) is 5.32 Å². The number of carbonyl (C=O) groups excluding carboxylic acids is 1. The van der Waals surface area contributed by atoms with E-state index in [1.807, 2.05) is 54.6 Å². The molecule has 2 aromatic carbocycles. The number of hydrogen-bond acceptors (Lipinski definition) is 3. The maximum atomic E-state index is 11.8. The van der Waals surface area contributed by atoms with E-state index in [4.69, 9.17) is 4.74 Å². The highest BCUT2D eigenvalue weighted by molar-refractivity contribution is 8.00. The van der Waals surface area contributed by atoms with Gasteiger partial charge in [-0.2, -0.15) is 0 Å². The zero-order valence-electron chi connectivity index (χ0n) is 11.3. The first kappa shape index (κ1) is 14.5. The highest BCUT2D eigenvalue weighted by Gasteiger charge is 2.06. The smallest absolute Gasteiger partial charge is 0.230 e. The van der Waals surface area contributed by atoms with Crippen LogP contribution in [0.4, 0.5) is 0 Å². The van der Waals surface area contributed by atoms with Crippen molar-refractivity contribution in [2.24, 2.45) is 0 Å². The molecule has 0 bridgehead atoms. The Morgan fingerprint density at radius 1 is 1.10 bits per heavy atom. The number of ether oxygens (including phenoxy) is 1. The first-order chi connectivity index (χ1) is 9.79. The van der Waals surface area contributed by atoms with E-state index in [0.29, 0.717) is 12.3 Å². The molecule has 0 radical (unpaired) electrons. The predicted octanol–water partition coefficient (Wildman–Crippen LogP) is 3.10. The quantitative estimate of drug-likeness (QED) is 0.830. The van der Waals surface area contributed by atoms with Crippen molar-refractivity contribution < 1.29 is 9.53 Å². The maximum Gasteiger partial charge on any atom is 0.230 e. The summed E-state index contributed by atoms with van der Waals surface area (Å²) in [4.78, 5) is 12.8. The molecule has 4 heteroatoms. The van der Waals surface area contributed by atoms with Gasteiger partial charge in [-0.25, -0.2) is 0 Å². The Bertz CT molecular complexity index is 557. The average Bonchev–Trinajstić information content (AvgIpc) is 2.52. The third-order valence-electron chi connectivity index (χ3n) is 2.76. The number of hydrogen-bond donors (Lipinski definition) is 1. The number of para-hydroxylation sites is 1. The van der Waals surface area contributed by atoms with E-state index in [2.05, 4.69) is 5.32 Å². The lowest BCUT2D eigenvalue weighted by atomic mass is 10.2. The lowest BCUT2D eigenvalue weighted by molar-refractivity contribution is -0.118. The Labute approximate surface area is 123 Å². The van der Waals surface area contributed by atoms with Gasteiger partial charge in [0.25, 0.3) is 0 Å². The summed E-state index contributed by atoms with van der Waals surface area (Å²) in [5.74, 6) is 1.20. The molecule has 3 nitrogen and oxygen atoms in total. The van der Waals surface area contributed by atoms with Crippen LogP contribution < -0.4 is 10.1 Å². The molecule has 0 fully saturated rings. The van der Waals surface area contributed by atoms with Gasteiger partial charge in [0.05, 0.1) is 12.9 Å². The van der Waals surface area contributed by atoms with Crippen LogP contribution in [0.15, 0.2) is 59.5 Å². The fraction of sp³-hybridized carbons (Fsp3) is 0.188. The molecule has 0 aliphatic carbocycles. The summed E-state index contributed by atoms with van der Waals surface area (Å²) >= 11 is 1.48. The fourth-order valence-electron chi connectivity index (χ4n) is 1.73. The number of carbonyl (C=O) groups is 1. The van der Waals surface area contributed by atoms with Crippen LogP contribution in [-0.4, -0.2) is 18.8 Å². The maximum absolute atomic E-state index is 11.8. The van der Waals surface area contributed by atoms with Crippen LogP contribution in [0.5, 0.6) is 5.75 Å². The molecule has 0 saturated heterocycles. The van der Waals surface area contributed by atoms with Crippen molar-refractivity contribution in [3.63, 3.8) is 0 Å². The molecule has 20 heavy (non-hydrogen) atoms. The molecule has 2 aromatic rings. The summed E-state index contributed by atoms with van der Waals surface area (Å²) < 4.78 is 5.25. The largest absolute Gasteiger partial charge is 0.496 e. The van der Waals surface area contributed by atoms with Crippen LogP contribution in [0, 0.1) is 0 Å². The molecule has 0 spiro atoms. The number of methoxy groups -OCH3 is 1. The SMILES string of the molecule is COc1ccccc1SCC(=O)NCc1ccccc1. The summed E-state index contributed by atoms with van der Waals surface area (Å²) in [5, 5.41) is 2.91. The molecular weight excluding hydrogens is 270 g/mol.